The maximum atomic E-state index is 12.1. The molecule has 2 saturated heterocycles. The molecule has 2 aliphatic heterocycles. The molecule has 130 valence electrons. The number of likely N-dealkylation sites (tertiary alicyclic amines) is 2. The summed E-state index contributed by atoms with van der Waals surface area (Å²) in [5, 5.41) is 9.55. The molecule has 3 rings (SSSR count). The molecule has 0 aliphatic carbocycles. The summed E-state index contributed by atoms with van der Waals surface area (Å²) in [7, 11) is 1.77. The van der Waals surface area contributed by atoms with Crippen LogP contribution in [0.1, 0.15) is 36.0 Å². The number of rotatable bonds is 3. The van der Waals surface area contributed by atoms with E-state index in [1.807, 2.05) is 0 Å². The summed E-state index contributed by atoms with van der Waals surface area (Å²) in [5.74, 6) is -1.45. The standard InChI is InChI=1S/C19H26N2O3/c1-13-5-4-6-14(2)15(13)12-21-9-7-19(8-10-21)16(18(23)24)11-17(22)20(19)3/h4-6,16H,7-12H2,1-3H3,(H,23,24). The quantitative estimate of drug-likeness (QED) is 0.923. The molecule has 1 N–H and O–H groups in total. The van der Waals surface area contributed by atoms with E-state index in [-0.39, 0.29) is 12.3 Å². The lowest BCUT2D eigenvalue weighted by Crippen LogP contribution is -2.56. The molecular formula is C19H26N2O3. The fraction of sp³-hybridized carbons (Fsp3) is 0.579. The Kier molecular flexibility index (Phi) is 4.38. The molecule has 1 atom stereocenters. The monoisotopic (exact) mass is 330 g/mol. The molecular weight excluding hydrogens is 304 g/mol. The topological polar surface area (TPSA) is 60.9 Å². The van der Waals surface area contributed by atoms with Crippen LogP contribution in [0.15, 0.2) is 18.2 Å². The van der Waals surface area contributed by atoms with Gasteiger partial charge in [-0.2, -0.15) is 0 Å². The summed E-state index contributed by atoms with van der Waals surface area (Å²) >= 11 is 0. The highest BCUT2D eigenvalue weighted by Gasteiger charge is 2.55. The first-order chi connectivity index (χ1) is 11.3. The fourth-order valence-corrected chi connectivity index (χ4v) is 4.41. The van der Waals surface area contributed by atoms with Gasteiger partial charge in [0.05, 0.1) is 11.5 Å². The average molecular weight is 330 g/mol. The molecule has 1 aromatic rings. The van der Waals surface area contributed by atoms with Crippen LogP contribution in [0, 0.1) is 19.8 Å². The van der Waals surface area contributed by atoms with Gasteiger partial charge in [-0.3, -0.25) is 14.5 Å². The summed E-state index contributed by atoms with van der Waals surface area (Å²) in [6.45, 7) is 6.82. The number of aryl methyl sites for hydroxylation is 2. The number of hydrogen-bond donors (Lipinski definition) is 1. The van der Waals surface area contributed by atoms with Crippen LogP contribution in [0.4, 0.5) is 0 Å². The van der Waals surface area contributed by atoms with Crippen molar-refractivity contribution in [2.45, 2.75) is 45.2 Å². The predicted octanol–water partition coefficient (Wildman–Crippen LogP) is 2.20. The average Bonchev–Trinajstić information content (AvgIpc) is 2.78. The Hall–Kier alpha value is -1.88. The van der Waals surface area contributed by atoms with Crippen molar-refractivity contribution in [2.75, 3.05) is 20.1 Å². The lowest BCUT2D eigenvalue weighted by Gasteiger charge is -2.45. The molecule has 5 nitrogen and oxygen atoms in total. The molecule has 2 fully saturated rings. The lowest BCUT2D eigenvalue weighted by molar-refractivity contribution is -0.146. The Morgan fingerprint density at radius 2 is 1.83 bits per heavy atom. The first kappa shape index (κ1) is 17.0. The molecule has 1 amide bonds. The second-order valence-corrected chi connectivity index (χ2v) is 7.30. The first-order valence-electron chi connectivity index (χ1n) is 8.62. The number of amides is 1. The van der Waals surface area contributed by atoms with Crippen LogP contribution in [0.25, 0.3) is 0 Å². The van der Waals surface area contributed by atoms with Crippen molar-refractivity contribution in [3.8, 4) is 0 Å². The molecule has 0 aromatic heterocycles. The zero-order chi connectivity index (χ0) is 17.5. The number of hydrogen-bond acceptors (Lipinski definition) is 3. The number of carboxylic acid groups (broad SMARTS) is 1. The Bertz CT molecular complexity index is 642. The molecule has 2 aliphatic rings. The van der Waals surface area contributed by atoms with Gasteiger partial charge in [-0.1, -0.05) is 18.2 Å². The van der Waals surface area contributed by atoms with Gasteiger partial charge in [0.15, 0.2) is 0 Å². The van der Waals surface area contributed by atoms with Crippen molar-refractivity contribution in [3.63, 3.8) is 0 Å². The van der Waals surface area contributed by atoms with Gasteiger partial charge in [0.2, 0.25) is 5.91 Å². The van der Waals surface area contributed by atoms with Gasteiger partial charge in [-0.05, 0) is 43.4 Å². The van der Waals surface area contributed by atoms with Crippen molar-refractivity contribution in [3.05, 3.63) is 34.9 Å². The van der Waals surface area contributed by atoms with E-state index in [0.29, 0.717) is 0 Å². The van der Waals surface area contributed by atoms with Crippen LogP contribution in [0.2, 0.25) is 0 Å². The number of carbonyl (C=O) groups is 2. The molecule has 1 unspecified atom stereocenters. The highest BCUT2D eigenvalue weighted by atomic mass is 16.4. The molecule has 0 saturated carbocycles. The van der Waals surface area contributed by atoms with E-state index in [2.05, 4.69) is 36.9 Å². The number of nitrogens with zero attached hydrogens (tertiary/aromatic N) is 2. The van der Waals surface area contributed by atoms with Gasteiger partial charge in [0.1, 0.15) is 0 Å². The number of benzene rings is 1. The molecule has 1 spiro atoms. The number of carboxylic acids is 1. The maximum Gasteiger partial charge on any atom is 0.309 e. The Morgan fingerprint density at radius 3 is 2.38 bits per heavy atom. The van der Waals surface area contributed by atoms with E-state index in [0.717, 1.165) is 32.5 Å². The van der Waals surface area contributed by atoms with Crippen molar-refractivity contribution in [1.82, 2.24) is 9.80 Å². The van der Waals surface area contributed by atoms with Gasteiger partial charge >= 0.3 is 5.97 Å². The van der Waals surface area contributed by atoms with Crippen molar-refractivity contribution in [2.24, 2.45) is 5.92 Å². The van der Waals surface area contributed by atoms with E-state index in [1.54, 1.807) is 11.9 Å². The first-order valence-corrected chi connectivity index (χ1v) is 8.62. The van der Waals surface area contributed by atoms with Crippen LogP contribution in [-0.2, 0) is 16.1 Å². The van der Waals surface area contributed by atoms with Crippen molar-refractivity contribution >= 4 is 11.9 Å². The van der Waals surface area contributed by atoms with Gasteiger partial charge in [0.25, 0.3) is 0 Å². The largest absolute Gasteiger partial charge is 0.481 e. The summed E-state index contributed by atoms with van der Waals surface area (Å²) in [6.07, 6.45) is 1.61. The molecule has 0 bridgehead atoms. The van der Waals surface area contributed by atoms with Crippen LogP contribution in [-0.4, -0.2) is 52.5 Å². The Morgan fingerprint density at radius 1 is 1.25 bits per heavy atom. The Balaban J connectivity index is 1.73. The van der Waals surface area contributed by atoms with Crippen LogP contribution in [0.5, 0.6) is 0 Å². The normalized spacial score (nSPS) is 23.9. The van der Waals surface area contributed by atoms with Gasteiger partial charge in [0, 0.05) is 33.1 Å². The molecule has 24 heavy (non-hydrogen) atoms. The van der Waals surface area contributed by atoms with E-state index in [9.17, 15) is 14.7 Å². The number of carbonyl (C=O) groups excluding carboxylic acids is 1. The SMILES string of the molecule is Cc1cccc(C)c1CN1CCC2(CC1)C(C(=O)O)CC(=O)N2C. The molecule has 1 aromatic carbocycles. The van der Waals surface area contributed by atoms with Crippen molar-refractivity contribution in [1.29, 1.82) is 0 Å². The third kappa shape index (κ3) is 2.71. The summed E-state index contributed by atoms with van der Waals surface area (Å²) in [4.78, 5) is 27.8. The van der Waals surface area contributed by atoms with Gasteiger partial charge < -0.3 is 10.0 Å². The van der Waals surface area contributed by atoms with E-state index >= 15 is 0 Å². The highest BCUT2D eigenvalue weighted by Crippen LogP contribution is 2.43. The van der Waals surface area contributed by atoms with Crippen molar-refractivity contribution < 1.29 is 14.7 Å². The molecule has 5 heteroatoms. The van der Waals surface area contributed by atoms with E-state index in [4.69, 9.17) is 0 Å². The highest BCUT2D eigenvalue weighted by molar-refractivity contribution is 5.88. The summed E-state index contributed by atoms with van der Waals surface area (Å²) in [5.41, 5.74) is 3.46. The molecule has 2 heterocycles. The third-order valence-electron chi connectivity index (χ3n) is 6.12. The van der Waals surface area contributed by atoms with Crippen LogP contribution < -0.4 is 0 Å². The van der Waals surface area contributed by atoms with Gasteiger partial charge in [-0.15, -0.1) is 0 Å². The zero-order valence-corrected chi connectivity index (χ0v) is 14.7. The summed E-state index contributed by atoms with van der Waals surface area (Å²) < 4.78 is 0. The minimum atomic E-state index is -0.837. The predicted molar refractivity (Wildman–Crippen MR) is 91.7 cm³/mol. The maximum absolute atomic E-state index is 12.1. The molecule has 0 radical (unpaired) electrons. The van der Waals surface area contributed by atoms with E-state index in [1.165, 1.54) is 16.7 Å². The second kappa shape index (κ2) is 6.20. The Labute approximate surface area is 143 Å². The number of aliphatic carboxylic acids is 1. The zero-order valence-electron chi connectivity index (χ0n) is 14.7. The van der Waals surface area contributed by atoms with Gasteiger partial charge in [-0.25, -0.2) is 0 Å². The third-order valence-corrected chi connectivity index (χ3v) is 6.12. The number of piperidine rings is 1. The van der Waals surface area contributed by atoms with E-state index < -0.39 is 17.4 Å². The summed E-state index contributed by atoms with van der Waals surface area (Å²) in [6, 6.07) is 6.35. The minimum absolute atomic E-state index is 0.0365. The van der Waals surface area contributed by atoms with Crippen LogP contribution >= 0.6 is 0 Å². The smallest absolute Gasteiger partial charge is 0.309 e. The lowest BCUT2D eigenvalue weighted by atomic mass is 9.77. The minimum Gasteiger partial charge on any atom is -0.481 e. The van der Waals surface area contributed by atoms with Crippen LogP contribution in [0.3, 0.4) is 0 Å². The fourth-order valence-electron chi connectivity index (χ4n) is 4.41. The second-order valence-electron chi connectivity index (χ2n) is 7.30.